The summed E-state index contributed by atoms with van der Waals surface area (Å²) >= 11 is 0. The summed E-state index contributed by atoms with van der Waals surface area (Å²) in [4.78, 5) is 16.1. The highest BCUT2D eigenvalue weighted by molar-refractivity contribution is 5.70. The van der Waals surface area contributed by atoms with E-state index in [-0.39, 0.29) is 0 Å². The predicted molar refractivity (Wildman–Crippen MR) is 63.0 cm³/mol. The van der Waals surface area contributed by atoms with E-state index in [0.29, 0.717) is 17.0 Å². The zero-order valence-electron chi connectivity index (χ0n) is 10.4. The number of methoxy groups -OCH3 is 2. The first-order chi connectivity index (χ1) is 8.58. The first-order valence-corrected chi connectivity index (χ1v) is 5.45. The van der Waals surface area contributed by atoms with Gasteiger partial charge < -0.3 is 19.4 Å². The zero-order chi connectivity index (χ0) is 13.3. The molecule has 1 N–H and O–H groups in total. The fourth-order valence-corrected chi connectivity index (χ4v) is 1.98. The smallest absolute Gasteiger partial charge is 0.329 e. The molecule has 0 fully saturated rings. The Bertz CT molecular complexity index is 462. The molecule has 2 rings (SSSR count). The van der Waals surface area contributed by atoms with E-state index in [4.69, 9.17) is 14.3 Å². The topological polar surface area (TPSA) is 68.2 Å². The van der Waals surface area contributed by atoms with E-state index in [1.165, 1.54) is 19.1 Å². The first-order valence-electron chi connectivity index (χ1n) is 5.45. The van der Waals surface area contributed by atoms with E-state index in [0.717, 1.165) is 0 Å². The van der Waals surface area contributed by atoms with Gasteiger partial charge in [-0.15, -0.1) is 0 Å². The number of hydrogen-bond acceptors (Lipinski definition) is 6. The van der Waals surface area contributed by atoms with Crippen molar-refractivity contribution in [1.82, 2.24) is 0 Å². The van der Waals surface area contributed by atoms with Gasteiger partial charge in [0.2, 0.25) is 0 Å². The number of benzene rings is 1. The second-order valence-corrected chi connectivity index (χ2v) is 3.90. The molecule has 0 aliphatic carbocycles. The van der Waals surface area contributed by atoms with Gasteiger partial charge in [0.05, 0.1) is 12.8 Å². The molecule has 1 aliphatic heterocycles. The highest BCUT2D eigenvalue weighted by Crippen LogP contribution is 2.41. The Kier molecular flexibility index (Phi) is 3.40. The number of aliphatic hydroxyl groups excluding tert-OH is 1. The minimum Gasteiger partial charge on any atom is -0.497 e. The van der Waals surface area contributed by atoms with Gasteiger partial charge in [0.1, 0.15) is 11.9 Å². The molecule has 18 heavy (non-hydrogen) atoms. The predicted octanol–water partition coefficient (Wildman–Crippen LogP) is 0.999. The number of carbonyl (C=O) groups is 1. The number of carbonyl (C=O) groups excluding carboxylic acids is 1. The number of ether oxygens (including phenoxy) is 2. The molecule has 2 atom stereocenters. The molecule has 6 heteroatoms. The third-order valence-corrected chi connectivity index (χ3v) is 2.76. The third kappa shape index (κ3) is 2.00. The van der Waals surface area contributed by atoms with Crippen molar-refractivity contribution < 1.29 is 24.2 Å². The number of aliphatic hydroxyl groups is 1. The molecule has 1 aromatic carbocycles. The number of hydrogen-bond donors (Lipinski definition) is 1. The minimum absolute atomic E-state index is 0.479. The molecule has 0 unspecified atom stereocenters. The fraction of sp³-hybridized carbons (Fsp3) is 0.417. The van der Waals surface area contributed by atoms with Crippen LogP contribution in [-0.4, -0.2) is 31.5 Å². The Morgan fingerprint density at radius 2 is 2.11 bits per heavy atom. The summed E-state index contributed by atoms with van der Waals surface area (Å²) in [6.07, 6.45) is -1.66. The maximum absolute atomic E-state index is 11.1. The number of rotatable bonds is 3. The van der Waals surface area contributed by atoms with Crippen molar-refractivity contribution in [2.24, 2.45) is 0 Å². The molecule has 98 valence electrons. The monoisotopic (exact) mass is 253 g/mol. The summed E-state index contributed by atoms with van der Waals surface area (Å²) in [5.74, 6) is 0.139. The van der Waals surface area contributed by atoms with Crippen LogP contribution in [0.3, 0.4) is 0 Å². The van der Waals surface area contributed by atoms with Crippen LogP contribution in [0.1, 0.15) is 18.6 Å². The average Bonchev–Trinajstić information content (AvgIpc) is 2.61. The summed E-state index contributed by atoms with van der Waals surface area (Å²) in [6, 6.07) is 5.12. The largest absolute Gasteiger partial charge is 0.497 e. The fourth-order valence-electron chi connectivity index (χ4n) is 1.98. The van der Waals surface area contributed by atoms with Crippen LogP contribution >= 0.6 is 0 Å². The Morgan fingerprint density at radius 3 is 2.67 bits per heavy atom. The molecule has 6 nitrogen and oxygen atoms in total. The van der Waals surface area contributed by atoms with Crippen LogP contribution in [0.5, 0.6) is 5.75 Å². The second-order valence-electron chi connectivity index (χ2n) is 3.90. The zero-order valence-corrected chi connectivity index (χ0v) is 10.4. The van der Waals surface area contributed by atoms with Gasteiger partial charge in [-0.3, -0.25) is 4.79 Å². The van der Waals surface area contributed by atoms with Gasteiger partial charge in [0, 0.05) is 19.6 Å². The van der Waals surface area contributed by atoms with E-state index in [1.54, 1.807) is 25.3 Å². The summed E-state index contributed by atoms with van der Waals surface area (Å²) in [7, 11) is 2.98. The van der Waals surface area contributed by atoms with Crippen LogP contribution in [0.2, 0.25) is 0 Å². The van der Waals surface area contributed by atoms with Crippen LogP contribution in [0.4, 0.5) is 5.69 Å². The van der Waals surface area contributed by atoms with Crippen molar-refractivity contribution in [2.75, 3.05) is 19.3 Å². The molecule has 0 saturated heterocycles. The Morgan fingerprint density at radius 1 is 1.39 bits per heavy atom. The number of nitrogens with zero attached hydrogens (tertiary/aromatic N) is 1. The molecular weight excluding hydrogens is 238 g/mol. The number of fused-ring (bicyclic) bond motifs is 1. The van der Waals surface area contributed by atoms with E-state index in [1.807, 2.05) is 0 Å². The number of hydroxylamine groups is 1. The Labute approximate surface area is 105 Å². The highest BCUT2D eigenvalue weighted by atomic mass is 16.7. The second kappa shape index (κ2) is 4.83. The summed E-state index contributed by atoms with van der Waals surface area (Å²) in [5.41, 5.74) is 1.19. The van der Waals surface area contributed by atoms with Gasteiger partial charge >= 0.3 is 5.97 Å². The molecule has 0 saturated carbocycles. The third-order valence-electron chi connectivity index (χ3n) is 2.76. The van der Waals surface area contributed by atoms with Crippen LogP contribution in [-0.2, 0) is 14.4 Å². The highest BCUT2D eigenvalue weighted by Gasteiger charge is 2.40. The van der Waals surface area contributed by atoms with Gasteiger partial charge in [-0.2, -0.15) is 5.06 Å². The van der Waals surface area contributed by atoms with E-state index >= 15 is 0 Å². The molecule has 1 aromatic rings. The van der Waals surface area contributed by atoms with Crippen molar-refractivity contribution in [3.63, 3.8) is 0 Å². The lowest BCUT2D eigenvalue weighted by Crippen LogP contribution is -2.37. The van der Waals surface area contributed by atoms with Crippen molar-refractivity contribution in [2.45, 2.75) is 19.3 Å². The molecule has 0 bridgehead atoms. The van der Waals surface area contributed by atoms with Crippen molar-refractivity contribution in [1.29, 1.82) is 0 Å². The normalized spacial score (nSPS) is 21.7. The number of anilines is 1. The molecule has 0 spiro atoms. The summed E-state index contributed by atoms with van der Waals surface area (Å²) in [5, 5.41) is 11.4. The quantitative estimate of drug-likeness (QED) is 0.866. The average molecular weight is 253 g/mol. The van der Waals surface area contributed by atoms with Crippen LogP contribution in [0.25, 0.3) is 0 Å². The van der Waals surface area contributed by atoms with E-state index in [9.17, 15) is 9.90 Å². The molecule has 1 aliphatic rings. The molecule has 1 heterocycles. The standard InChI is InChI=1S/C12H15NO5/c1-7(14)18-13-10-5-4-8(16-2)6-9(10)11(15)12(13)17-3/h4-6,11-12,15H,1-3H3/t11-,12+/m1/s1. The van der Waals surface area contributed by atoms with Crippen LogP contribution < -0.4 is 9.80 Å². The van der Waals surface area contributed by atoms with Crippen molar-refractivity contribution >= 4 is 11.7 Å². The van der Waals surface area contributed by atoms with Gasteiger partial charge in [-0.25, -0.2) is 0 Å². The van der Waals surface area contributed by atoms with Gasteiger partial charge in [-0.1, -0.05) is 0 Å². The van der Waals surface area contributed by atoms with Crippen LogP contribution in [0.15, 0.2) is 18.2 Å². The summed E-state index contributed by atoms with van der Waals surface area (Å²) in [6.45, 7) is 1.29. The maximum atomic E-state index is 11.1. The van der Waals surface area contributed by atoms with Crippen molar-refractivity contribution in [3.8, 4) is 5.75 Å². The minimum atomic E-state index is -0.903. The molecule has 0 aromatic heterocycles. The molecule has 0 radical (unpaired) electrons. The van der Waals surface area contributed by atoms with Gasteiger partial charge in [0.15, 0.2) is 6.23 Å². The lowest BCUT2D eigenvalue weighted by molar-refractivity contribution is -0.150. The first kappa shape index (κ1) is 12.7. The van der Waals surface area contributed by atoms with Crippen molar-refractivity contribution in [3.05, 3.63) is 23.8 Å². The molecular formula is C12H15NO5. The lowest BCUT2D eigenvalue weighted by Gasteiger charge is -2.24. The molecule has 0 amide bonds. The Hall–Kier alpha value is -1.79. The lowest BCUT2D eigenvalue weighted by atomic mass is 10.1. The Balaban J connectivity index is 2.41. The summed E-state index contributed by atoms with van der Waals surface area (Å²) < 4.78 is 10.2. The van der Waals surface area contributed by atoms with Crippen LogP contribution in [0, 0.1) is 0 Å². The maximum Gasteiger partial charge on any atom is 0.329 e. The van der Waals surface area contributed by atoms with E-state index in [2.05, 4.69) is 0 Å². The van der Waals surface area contributed by atoms with E-state index < -0.39 is 18.3 Å². The van der Waals surface area contributed by atoms with Gasteiger partial charge in [0.25, 0.3) is 0 Å². The van der Waals surface area contributed by atoms with Gasteiger partial charge in [-0.05, 0) is 18.2 Å². The SMILES string of the molecule is COc1ccc2c(c1)[C@@H](O)[C@H](OC)N2OC(C)=O.